The molecule has 4 rings (SSSR count). The number of sulfonamides is 1. The summed E-state index contributed by atoms with van der Waals surface area (Å²) in [6.45, 7) is 6.24. The van der Waals surface area contributed by atoms with Crippen LogP contribution in [0.1, 0.15) is 16.8 Å². The number of piperazine rings is 1. The highest BCUT2D eigenvalue weighted by molar-refractivity contribution is 7.89. The molecular weight excluding hydrogens is 424 g/mol. The quantitative estimate of drug-likeness (QED) is 0.644. The first-order valence-electron chi connectivity index (χ1n) is 10.7. The van der Waals surface area contributed by atoms with Crippen molar-refractivity contribution in [3.63, 3.8) is 0 Å². The van der Waals surface area contributed by atoms with Crippen LogP contribution in [0, 0.1) is 13.8 Å². The third kappa shape index (κ3) is 4.53. The topological polar surface area (TPSA) is 82.6 Å². The number of nitrogens with one attached hydrogen (secondary N) is 1. The van der Waals surface area contributed by atoms with Gasteiger partial charge in [-0.05, 0) is 56.3 Å². The Kier molecular flexibility index (Phi) is 6.28. The number of hydrogen-bond acceptors (Lipinski definition) is 5. The van der Waals surface area contributed by atoms with Crippen molar-refractivity contribution >= 4 is 32.5 Å². The van der Waals surface area contributed by atoms with Gasteiger partial charge in [-0.15, -0.1) is 0 Å². The normalized spacial score (nSPS) is 15.7. The molecule has 168 valence electrons. The molecule has 1 N–H and O–H groups in total. The second kappa shape index (κ2) is 8.97. The lowest BCUT2D eigenvalue weighted by Crippen LogP contribution is -2.47. The maximum atomic E-state index is 13.0. The van der Waals surface area contributed by atoms with E-state index in [0.717, 1.165) is 27.7 Å². The molecule has 7 nitrogen and oxygen atoms in total. The largest absolute Gasteiger partial charge is 0.326 e. The monoisotopic (exact) mass is 452 g/mol. The van der Waals surface area contributed by atoms with Crippen LogP contribution in [0.25, 0.3) is 10.9 Å². The first kappa shape index (κ1) is 22.4. The number of rotatable bonds is 5. The molecule has 1 saturated heterocycles. The highest BCUT2D eigenvalue weighted by Gasteiger charge is 2.27. The van der Waals surface area contributed by atoms with Crippen molar-refractivity contribution in [3.8, 4) is 0 Å². The minimum absolute atomic E-state index is 0.172. The molecule has 2 aromatic carbocycles. The van der Waals surface area contributed by atoms with Gasteiger partial charge in [-0.1, -0.05) is 24.3 Å². The number of benzene rings is 2. The van der Waals surface area contributed by atoms with Crippen LogP contribution in [-0.2, 0) is 21.2 Å². The fourth-order valence-electron chi connectivity index (χ4n) is 4.11. The van der Waals surface area contributed by atoms with Gasteiger partial charge in [0.05, 0.1) is 16.8 Å². The van der Waals surface area contributed by atoms with Gasteiger partial charge >= 0.3 is 0 Å². The van der Waals surface area contributed by atoms with Crippen molar-refractivity contribution in [1.82, 2.24) is 14.2 Å². The second-order valence-corrected chi connectivity index (χ2v) is 10.2. The van der Waals surface area contributed by atoms with Crippen LogP contribution >= 0.6 is 0 Å². The first-order valence-corrected chi connectivity index (χ1v) is 12.1. The molecule has 0 saturated carbocycles. The Bertz CT molecular complexity index is 1270. The molecule has 0 spiro atoms. The van der Waals surface area contributed by atoms with Crippen molar-refractivity contribution < 1.29 is 13.2 Å². The Morgan fingerprint density at radius 2 is 1.75 bits per heavy atom. The summed E-state index contributed by atoms with van der Waals surface area (Å²) in [5, 5.41) is 3.89. The van der Waals surface area contributed by atoms with Crippen LogP contribution in [-0.4, -0.2) is 61.7 Å². The Morgan fingerprint density at radius 1 is 1.03 bits per heavy atom. The maximum Gasteiger partial charge on any atom is 0.243 e. The fraction of sp³-hybridized carbons (Fsp3) is 0.333. The van der Waals surface area contributed by atoms with Crippen LogP contribution in [0.5, 0.6) is 0 Å². The smallest absolute Gasteiger partial charge is 0.243 e. The summed E-state index contributed by atoms with van der Waals surface area (Å²) >= 11 is 0. The van der Waals surface area contributed by atoms with E-state index in [1.807, 2.05) is 45.2 Å². The predicted octanol–water partition coefficient (Wildman–Crippen LogP) is 2.97. The average Bonchev–Trinajstić information content (AvgIpc) is 2.77. The third-order valence-electron chi connectivity index (χ3n) is 6.04. The lowest BCUT2D eigenvalue weighted by Gasteiger charge is -2.31. The third-order valence-corrected chi connectivity index (χ3v) is 7.94. The predicted molar refractivity (Wildman–Crippen MR) is 126 cm³/mol. The zero-order valence-electron chi connectivity index (χ0n) is 18.6. The van der Waals surface area contributed by atoms with Gasteiger partial charge in [0.2, 0.25) is 15.9 Å². The van der Waals surface area contributed by atoms with Gasteiger partial charge in [0, 0.05) is 42.9 Å². The Morgan fingerprint density at radius 3 is 2.50 bits per heavy atom. The van der Waals surface area contributed by atoms with Gasteiger partial charge in [0.15, 0.2) is 0 Å². The average molecular weight is 453 g/mol. The lowest BCUT2D eigenvalue weighted by atomic mass is 9.99. The summed E-state index contributed by atoms with van der Waals surface area (Å²) in [5.41, 5.74) is 4.13. The van der Waals surface area contributed by atoms with E-state index < -0.39 is 10.0 Å². The van der Waals surface area contributed by atoms with E-state index in [0.29, 0.717) is 31.9 Å². The summed E-state index contributed by atoms with van der Waals surface area (Å²) in [6, 6.07) is 14.4. The Labute approximate surface area is 189 Å². The van der Waals surface area contributed by atoms with E-state index in [2.05, 4.69) is 15.2 Å². The molecule has 0 atom stereocenters. The highest BCUT2D eigenvalue weighted by atomic mass is 32.2. The number of fused-ring (bicyclic) bond motifs is 1. The SMILES string of the molecule is Cc1nc2ccccc2c(C)c1CC(=O)Nc1cccc(S(=O)(=O)N2CCN(C)CC2)c1. The minimum atomic E-state index is -3.60. The molecule has 1 aliphatic rings. The van der Waals surface area contributed by atoms with Crippen LogP contribution in [0.2, 0.25) is 0 Å². The molecule has 1 aromatic heterocycles. The summed E-state index contributed by atoms with van der Waals surface area (Å²) in [5.74, 6) is -0.206. The van der Waals surface area contributed by atoms with Crippen molar-refractivity contribution in [3.05, 3.63) is 65.4 Å². The number of hydrogen-bond donors (Lipinski definition) is 1. The number of amides is 1. The van der Waals surface area contributed by atoms with Gasteiger partial charge in [-0.25, -0.2) is 8.42 Å². The van der Waals surface area contributed by atoms with Crippen LogP contribution < -0.4 is 5.32 Å². The highest BCUT2D eigenvalue weighted by Crippen LogP contribution is 2.24. The van der Waals surface area contributed by atoms with Crippen LogP contribution in [0.15, 0.2) is 53.4 Å². The van der Waals surface area contributed by atoms with E-state index in [-0.39, 0.29) is 17.2 Å². The van der Waals surface area contributed by atoms with Gasteiger partial charge in [0.25, 0.3) is 0 Å². The number of para-hydroxylation sites is 1. The first-order chi connectivity index (χ1) is 15.3. The molecular formula is C24H28N4O3S. The number of pyridine rings is 1. The lowest BCUT2D eigenvalue weighted by molar-refractivity contribution is -0.115. The zero-order chi connectivity index (χ0) is 22.9. The van der Waals surface area contributed by atoms with Gasteiger partial charge in [-0.3, -0.25) is 9.78 Å². The molecule has 1 amide bonds. The van der Waals surface area contributed by atoms with Crippen molar-refractivity contribution in [2.45, 2.75) is 25.2 Å². The number of carbonyl (C=O) groups is 1. The molecule has 32 heavy (non-hydrogen) atoms. The molecule has 3 aromatic rings. The zero-order valence-corrected chi connectivity index (χ0v) is 19.4. The van der Waals surface area contributed by atoms with Crippen molar-refractivity contribution in [2.24, 2.45) is 0 Å². The number of anilines is 1. The Hall–Kier alpha value is -2.81. The van der Waals surface area contributed by atoms with E-state index in [1.165, 1.54) is 10.4 Å². The molecule has 1 fully saturated rings. The summed E-state index contributed by atoms with van der Waals surface area (Å²) in [7, 11) is -1.61. The molecule has 2 heterocycles. The Balaban J connectivity index is 1.52. The molecule has 0 aliphatic carbocycles. The maximum absolute atomic E-state index is 13.0. The van der Waals surface area contributed by atoms with E-state index in [1.54, 1.807) is 18.2 Å². The van der Waals surface area contributed by atoms with Gasteiger partial charge < -0.3 is 10.2 Å². The van der Waals surface area contributed by atoms with Crippen molar-refractivity contribution in [1.29, 1.82) is 0 Å². The van der Waals surface area contributed by atoms with Gasteiger partial charge in [0.1, 0.15) is 0 Å². The van der Waals surface area contributed by atoms with Crippen LogP contribution in [0.4, 0.5) is 5.69 Å². The molecule has 0 unspecified atom stereocenters. The fourth-order valence-corrected chi connectivity index (χ4v) is 5.58. The molecule has 8 heteroatoms. The second-order valence-electron chi connectivity index (χ2n) is 8.28. The number of nitrogens with zero attached hydrogens (tertiary/aromatic N) is 3. The molecule has 0 bridgehead atoms. The van der Waals surface area contributed by atoms with E-state index >= 15 is 0 Å². The van der Waals surface area contributed by atoms with Crippen LogP contribution in [0.3, 0.4) is 0 Å². The number of carbonyl (C=O) groups excluding carboxylic acids is 1. The number of aryl methyl sites for hydroxylation is 2. The minimum Gasteiger partial charge on any atom is -0.326 e. The number of aromatic nitrogens is 1. The summed E-state index contributed by atoms with van der Waals surface area (Å²) in [4.78, 5) is 19.7. The van der Waals surface area contributed by atoms with E-state index in [4.69, 9.17) is 0 Å². The molecule has 0 radical (unpaired) electrons. The van der Waals surface area contributed by atoms with Gasteiger partial charge in [-0.2, -0.15) is 4.31 Å². The standard InChI is InChI=1S/C24H28N4O3S/c1-17-21-9-4-5-10-23(21)25-18(2)22(17)16-24(29)26-19-7-6-8-20(15-19)32(30,31)28-13-11-27(3)12-14-28/h4-10,15H,11-14,16H2,1-3H3,(H,26,29). The summed E-state index contributed by atoms with van der Waals surface area (Å²) < 4.78 is 27.5. The summed E-state index contributed by atoms with van der Waals surface area (Å²) in [6.07, 6.45) is 0.172. The van der Waals surface area contributed by atoms with Crippen molar-refractivity contribution in [2.75, 3.05) is 38.5 Å². The van der Waals surface area contributed by atoms with E-state index in [9.17, 15) is 13.2 Å². The number of likely N-dealkylation sites (N-methyl/N-ethyl adjacent to an activating group) is 1. The molecule has 1 aliphatic heterocycles.